The molecule has 0 saturated carbocycles. The molecule has 0 aliphatic carbocycles. The second kappa shape index (κ2) is 5.51. The average Bonchev–Trinajstić information content (AvgIpc) is 2.30. The van der Waals surface area contributed by atoms with E-state index in [1.807, 2.05) is 25.1 Å². The van der Waals surface area contributed by atoms with Gasteiger partial charge >= 0.3 is 5.97 Å². The number of ether oxygens (including phenoxy) is 2. The van der Waals surface area contributed by atoms with Gasteiger partial charge in [-0.1, -0.05) is 6.07 Å². The van der Waals surface area contributed by atoms with Gasteiger partial charge in [0.2, 0.25) is 0 Å². The number of hydrogen-bond acceptors (Lipinski definition) is 4. The van der Waals surface area contributed by atoms with Gasteiger partial charge in [0.15, 0.2) is 0 Å². The van der Waals surface area contributed by atoms with Gasteiger partial charge in [-0.25, -0.2) is 0 Å². The lowest BCUT2D eigenvalue weighted by molar-refractivity contribution is -0.142. The number of methoxy groups -OCH3 is 2. The first kappa shape index (κ1) is 12.5. The molecule has 16 heavy (non-hydrogen) atoms. The lowest BCUT2D eigenvalue weighted by atomic mass is 10.0. The highest BCUT2D eigenvalue weighted by molar-refractivity contribution is 5.75. The number of rotatable bonds is 4. The highest BCUT2D eigenvalue weighted by Crippen LogP contribution is 2.17. The van der Waals surface area contributed by atoms with Crippen molar-refractivity contribution < 1.29 is 14.3 Å². The molecule has 0 saturated heterocycles. The fourth-order valence-electron chi connectivity index (χ4n) is 1.50. The molecule has 4 heteroatoms. The predicted octanol–water partition coefficient (Wildman–Crippen LogP) is 1.05. The molecular formula is C12H17NO3. The summed E-state index contributed by atoms with van der Waals surface area (Å²) >= 11 is 0. The van der Waals surface area contributed by atoms with Crippen LogP contribution in [0, 0.1) is 6.92 Å². The molecule has 0 fully saturated rings. The predicted molar refractivity (Wildman–Crippen MR) is 61.4 cm³/mol. The van der Waals surface area contributed by atoms with E-state index >= 15 is 0 Å². The Balaban J connectivity index is 2.78. The highest BCUT2D eigenvalue weighted by Gasteiger charge is 2.15. The van der Waals surface area contributed by atoms with E-state index in [-0.39, 0.29) is 0 Å². The van der Waals surface area contributed by atoms with E-state index in [1.54, 1.807) is 7.11 Å². The fraction of sp³-hybridized carbons (Fsp3) is 0.417. The van der Waals surface area contributed by atoms with E-state index in [0.29, 0.717) is 6.42 Å². The van der Waals surface area contributed by atoms with E-state index < -0.39 is 12.0 Å². The van der Waals surface area contributed by atoms with Gasteiger partial charge in [-0.3, -0.25) is 4.79 Å². The van der Waals surface area contributed by atoms with Crippen LogP contribution in [0.15, 0.2) is 18.2 Å². The minimum Gasteiger partial charge on any atom is -0.497 e. The molecule has 88 valence electrons. The van der Waals surface area contributed by atoms with Crippen LogP contribution in [0.2, 0.25) is 0 Å². The topological polar surface area (TPSA) is 61.5 Å². The normalized spacial score (nSPS) is 12.0. The van der Waals surface area contributed by atoms with Crippen LogP contribution in [0.1, 0.15) is 11.1 Å². The van der Waals surface area contributed by atoms with Crippen LogP contribution in [0.3, 0.4) is 0 Å². The van der Waals surface area contributed by atoms with E-state index in [1.165, 1.54) is 7.11 Å². The molecule has 0 aliphatic heterocycles. The van der Waals surface area contributed by atoms with Crippen molar-refractivity contribution in [3.05, 3.63) is 29.3 Å². The van der Waals surface area contributed by atoms with Crippen molar-refractivity contribution in [2.75, 3.05) is 14.2 Å². The van der Waals surface area contributed by atoms with Crippen LogP contribution in [0.25, 0.3) is 0 Å². The van der Waals surface area contributed by atoms with Crippen molar-refractivity contribution in [2.24, 2.45) is 5.73 Å². The molecule has 0 heterocycles. The fourth-order valence-corrected chi connectivity index (χ4v) is 1.50. The van der Waals surface area contributed by atoms with Crippen LogP contribution in [-0.2, 0) is 16.0 Å². The standard InChI is InChI=1S/C12H17NO3/c1-8-6-10(15-2)5-4-9(8)7-11(13)12(14)16-3/h4-6,11H,7,13H2,1-3H3. The molecule has 0 amide bonds. The molecule has 1 unspecified atom stereocenters. The average molecular weight is 223 g/mol. The summed E-state index contributed by atoms with van der Waals surface area (Å²) < 4.78 is 9.68. The lowest BCUT2D eigenvalue weighted by Crippen LogP contribution is -2.33. The maximum absolute atomic E-state index is 11.2. The molecule has 0 spiro atoms. The summed E-state index contributed by atoms with van der Waals surface area (Å²) in [5, 5.41) is 0. The van der Waals surface area contributed by atoms with Crippen molar-refractivity contribution in [3.63, 3.8) is 0 Å². The maximum atomic E-state index is 11.2. The van der Waals surface area contributed by atoms with Crippen LogP contribution in [0.5, 0.6) is 5.75 Å². The van der Waals surface area contributed by atoms with Gasteiger partial charge in [-0.2, -0.15) is 0 Å². The third-order valence-corrected chi connectivity index (χ3v) is 2.49. The van der Waals surface area contributed by atoms with Crippen LogP contribution in [-0.4, -0.2) is 26.2 Å². The van der Waals surface area contributed by atoms with Crippen molar-refractivity contribution in [1.82, 2.24) is 0 Å². The van der Waals surface area contributed by atoms with E-state index in [9.17, 15) is 4.79 Å². The Kier molecular flexibility index (Phi) is 4.31. The Morgan fingerprint density at radius 2 is 2.12 bits per heavy atom. The number of benzene rings is 1. The van der Waals surface area contributed by atoms with Crippen LogP contribution in [0.4, 0.5) is 0 Å². The van der Waals surface area contributed by atoms with Gasteiger partial charge in [-0.15, -0.1) is 0 Å². The van der Waals surface area contributed by atoms with Gasteiger partial charge in [0, 0.05) is 0 Å². The SMILES string of the molecule is COC(=O)C(N)Cc1ccc(OC)cc1C. The van der Waals surface area contributed by atoms with Crippen molar-refractivity contribution >= 4 is 5.97 Å². The van der Waals surface area contributed by atoms with Gasteiger partial charge < -0.3 is 15.2 Å². The Bertz CT molecular complexity index is 377. The first-order valence-corrected chi connectivity index (χ1v) is 5.05. The quantitative estimate of drug-likeness (QED) is 0.775. The Morgan fingerprint density at radius 1 is 1.44 bits per heavy atom. The third kappa shape index (κ3) is 2.97. The largest absolute Gasteiger partial charge is 0.497 e. The Hall–Kier alpha value is -1.55. The van der Waals surface area contributed by atoms with Crippen molar-refractivity contribution in [3.8, 4) is 5.75 Å². The van der Waals surface area contributed by atoms with Gasteiger partial charge in [0.05, 0.1) is 14.2 Å². The van der Waals surface area contributed by atoms with Crippen molar-refractivity contribution in [1.29, 1.82) is 0 Å². The number of esters is 1. The molecule has 1 aromatic carbocycles. The molecule has 1 atom stereocenters. The maximum Gasteiger partial charge on any atom is 0.322 e. The van der Waals surface area contributed by atoms with Crippen LogP contribution >= 0.6 is 0 Å². The number of hydrogen-bond donors (Lipinski definition) is 1. The first-order chi connectivity index (χ1) is 7.58. The highest BCUT2D eigenvalue weighted by atomic mass is 16.5. The molecule has 0 aromatic heterocycles. The Labute approximate surface area is 95.3 Å². The summed E-state index contributed by atoms with van der Waals surface area (Å²) in [7, 11) is 2.96. The molecule has 4 nitrogen and oxygen atoms in total. The minimum atomic E-state index is -0.614. The first-order valence-electron chi connectivity index (χ1n) is 5.05. The molecule has 1 rings (SSSR count). The monoisotopic (exact) mass is 223 g/mol. The molecule has 2 N–H and O–H groups in total. The summed E-state index contributed by atoms with van der Waals surface area (Å²) in [6.07, 6.45) is 0.475. The smallest absolute Gasteiger partial charge is 0.322 e. The zero-order chi connectivity index (χ0) is 12.1. The van der Waals surface area contributed by atoms with E-state index in [0.717, 1.165) is 16.9 Å². The minimum absolute atomic E-state index is 0.393. The van der Waals surface area contributed by atoms with Gasteiger partial charge in [-0.05, 0) is 36.6 Å². The van der Waals surface area contributed by atoms with E-state index in [2.05, 4.69) is 4.74 Å². The van der Waals surface area contributed by atoms with Gasteiger partial charge in [0.1, 0.15) is 11.8 Å². The van der Waals surface area contributed by atoms with Crippen LogP contribution < -0.4 is 10.5 Å². The second-order valence-corrected chi connectivity index (χ2v) is 3.63. The zero-order valence-electron chi connectivity index (χ0n) is 9.82. The molecule has 1 aromatic rings. The number of carbonyl (C=O) groups excluding carboxylic acids is 1. The summed E-state index contributed by atoms with van der Waals surface area (Å²) in [5.74, 6) is 0.406. The molecule has 0 aliphatic rings. The summed E-state index contributed by atoms with van der Waals surface area (Å²) in [5.41, 5.74) is 7.77. The number of carbonyl (C=O) groups is 1. The zero-order valence-corrected chi connectivity index (χ0v) is 9.82. The summed E-state index contributed by atoms with van der Waals surface area (Å²) in [6.45, 7) is 1.96. The molecule has 0 bridgehead atoms. The van der Waals surface area contributed by atoms with Crippen molar-refractivity contribution in [2.45, 2.75) is 19.4 Å². The molecular weight excluding hydrogens is 206 g/mol. The van der Waals surface area contributed by atoms with Gasteiger partial charge in [0.25, 0.3) is 0 Å². The lowest BCUT2D eigenvalue weighted by Gasteiger charge is -2.12. The number of aryl methyl sites for hydroxylation is 1. The number of nitrogens with two attached hydrogens (primary N) is 1. The van der Waals surface area contributed by atoms with E-state index in [4.69, 9.17) is 10.5 Å². The molecule has 0 radical (unpaired) electrons. The Morgan fingerprint density at radius 3 is 2.62 bits per heavy atom. The summed E-state index contributed by atoms with van der Waals surface area (Å²) in [6, 6.07) is 5.07. The third-order valence-electron chi connectivity index (χ3n) is 2.49. The second-order valence-electron chi connectivity index (χ2n) is 3.63. The summed E-state index contributed by atoms with van der Waals surface area (Å²) in [4.78, 5) is 11.2.